The Morgan fingerprint density at radius 2 is 2.17 bits per heavy atom. The maximum Gasteiger partial charge on any atom is 0.337 e. The predicted octanol–water partition coefficient (Wildman–Crippen LogP) is 0.281. The molecule has 1 atom stereocenters. The van der Waals surface area contributed by atoms with Crippen molar-refractivity contribution in [2.24, 2.45) is 0 Å². The number of hydrogen-bond acceptors (Lipinski definition) is 4. The van der Waals surface area contributed by atoms with Gasteiger partial charge in [-0.25, -0.2) is 4.79 Å². The Bertz CT molecular complexity index is 499. The van der Waals surface area contributed by atoms with Gasteiger partial charge in [0.2, 0.25) is 5.91 Å². The molecule has 0 saturated carbocycles. The Hall–Kier alpha value is -2.08. The second-order valence-corrected chi connectivity index (χ2v) is 4.50. The van der Waals surface area contributed by atoms with Crippen LogP contribution in [0.5, 0.6) is 0 Å². The zero-order chi connectivity index (χ0) is 13.3. The number of aliphatic carboxylic acids is 1. The lowest BCUT2D eigenvalue weighted by Gasteiger charge is -2.34. The summed E-state index contributed by atoms with van der Waals surface area (Å²) in [4.78, 5) is 24.0. The lowest BCUT2D eigenvalue weighted by molar-refractivity contribution is -0.155. The average Bonchev–Trinajstić information content (AvgIpc) is 2.28. The maximum absolute atomic E-state index is 11.5. The number of hydrogen-bond donors (Lipinski definition) is 3. The SMILES string of the molecule is CC(O)(CN1CC(=O)Nc2ccccc21)C(=O)O. The quantitative estimate of drug-likeness (QED) is 0.717. The summed E-state index contributed by atoms with van der Waals surface area (Å²) >= 11 is 0. The molecule has 6 nitrogen and oxygen atoms in total. The van der Waals surface area contributed by atoms with Crippen LogP contribution in [0.1, 0.15) is 6.92 Å². The van der Waals surface area contributed by atoms with Crippen molar-refractivity contribution in [3.63, 3.8) is 0 Å². The van der Waals surface area contributed by atoms with E-state index in [-0.39, 0.29) is 19.0 Å². The van der Waals surface area contributed by atoms with Gasteiger partial charge in [0.15, 0.2) is 5.60 Å². The first-order valence-electron chi connectivity index (χ1n) is 5.50. The first-order chi connectivity index (χ1) is 8.40. The lowest BCUT2D eigenvalue weighted by atomic mass is 10.1. The molecule has 6 heteroatoms. The van der Waals surface area contributed by atoms with Gasteiger partial charge < -0.3 is 20.4 Å². The molecule has 0 bridgehead atoms. The molecule has 3 N–H and O–H groups in total. The molecular weight excluding hydrogens is 236 g/mol. The van der Waals surface area contributed by atoms with Gasteiger partial charge in [-0.2, -0.15) is 0 Å². The second kappa shape index (κ2) is 4.30. The first-order valence-corrected chi connectivity index (χ1v) is 5.50. The number of aliphatic hydroxyl groups is 1. The van der Waals surface area contributed by atoms with E-state index in [1.165, 1.54) is 6.92 Å². The minimum Gasteiger partial charge on any atom is -0.479 e. The lowest BCUT2D eigenvalue weighted by Crippen LogP contribution is -2.50. The summed E-state index contributed by atoms with van der Waals surface area (Å²) in [7, 11) is 0. The number of rotatable bonds is 3. The Kier molecular flexibility index (Phi) is 2.96. The standard InChI is InChI=1S/C12H14N2O4/c1-12(18,11(16)17)7-14-6-10(15)13-8-4-2-3-5-9(8)14/h2-5,18H,6-7H2,1H3,(H,13,15)(H,16,17). The predicted molar refractivity (Wildman–Crippen MR) is 65.5 cm³/mol. The van der Waals surface area contributed by atoms with E-state index in [9.17, 15) is 14.7 Å². The number of nitrogens with one attached hydrogen (secondary N) is 1. The highest BCUT2D eigenvalue weighted by Gasteiger charge is 2.35. The molecule has 0 fully saturated rings. The Morgan fingerprint density at radius 1 is 1.50 bits per heavy atom. The van der Waals surface area contributed by atoms with Crippen molar-refractivity contribution < 1.29 is 19.8 Å². The van der Waals surface area contributed by atoms with Gasteiger partial charge in [0, 0.05) is 0 Å². The molecule has 0 radical (unpaired) electrons. The van der Waals surface area contributed by atoms with Gasteiger partial charge in [-0.3, -0.25) is 4.79 Å². The number of anilines is 2. The van der Waals surface area contributed by atoms with E-state index in [1.807, 2.05) is 0 Å². The molecule has 1 aromatic rings. The summed E-state index contributed by atoms with van der Waals surface area (Å²) in [6, 6.07) is 7.07. The van der Waals surface area contributed by atoms with Gasteiger partial charge in [0.1, 0.15) is 0 Å². The van der Waals surface area contributed by atoms with Gasteiger partial charge in [-0.1, -0.05) is 12.1 Å². The molecule has 0 aromatic heterocycles. The van der Waals surface area contributed by atoms with Crippen molar-refractivity contribution in [3.8, 4) is 0 Å². The van der Waals surface area contributed by atoms with Gasteiger partial charge in [0.05, 0.1) is 24.5 Å². The minimum absolute atomic E-state index is 0.0282. The normalized spacial score (nSPS) is 17.7. The molecule has 1 unspecified atom stereocenters. The molecule has 0 saturated heterocycles. The number of nitrogens with zero attached hydrogens (tertiary/aromatic N) is 1. The highest BCUT2D eigenvalue weighted by molar-refractivity contribution is 6.01. The Balaban J connectivity index is 2.29. The van der Waals surface area contributed by atoms with Crippen molar-refractivity contribution >= 4 is 23.3 Å². The number of amides is 1. The van der Waals surface area contributed by atoms with E-state index in [2.05, 4.69) is 5.32 Å². The van der Waals surface area contributed by atoms with Crippen molar-refractivity contribution in [1.82, 2.24) is 0 Å². The van der Waals surface area contributed by atoms with Crippen molar-refractivity contribution in [2.45, 2.75) is 12.5 Å². The van der Waals surface area contributed by atoms with Crippen LogP contribution in [-0.4, -0.2) is 40.8 Å². The largest absolute Gasteiger partial charge is 0.479 e. The number of carboxylic acids is 1. The molecule has 1 aromatic carbocycles. The topological polar surface area (TPSA) is 89.9 Å². The molecule has 1 aliphatic rings. The van der Waals surface area contributed by atoms with Crippen molar-refractivity contribution in [3.05, 3.63) is 24.3 Å². The number of carbonyl (C=O) groups is 2. The molecule has 0 spiro atoms. The van der Waals surface area contributed by atoms with Crippen molar-refractivity contribution in [2.75, 3.05) is 23.3 Å². The van der Waals surface area contributed by atoms with Gasteiger partial charge >= 0.3 is 5.97 Å². The zero-order valence-electron chi connectivity index (χ0n) is 9.88. The van der Waals surface area contributed by atoms with E-state index >= 15 is 0 Å². The van der Waals surface area contributed by atoms with E-state index in [0.717, 1.165) is 0 Å². The van der Waals surface area contributed by atoms with Gasteiger partial charge in [-0.15, -0.1) is 0 Å². The maximum atomic E-state index is 11.5. The van der Waals surface area contributed by atoms with E-state index in [4.69, 9.17) is 5.11 Å². The summed E-state index contributed by atoms with van der Waals surface area (Å²) in [5, 5.41) is 21.4. The van der Waals surface area contributed by atoms with Crippen molar-refractivity contribution in [1.29, 1.82) is 0 Å². The molecule has 1 aliphatic heterocycles. The van der Waals surface area contributed by atoms with E-state index < -0.39 is 11.6 Å². The summed E-state index contributed by atoms with van der Waals surface area (Å²) in [5.41, 5.74) is -0.571. The van der Waals surface area contributed by atoms with Crippen LogP contribution in [0.25, 0.3) is 0 Å². The third-order valence-corrected chi connectivity index (χ3v) is 2.81. The van der Waals surface area contributed by atoms with Crippen LogP contribution in [0.4, 0.5) is 11.4 Å². The third kappa shape index (κ3) is 2.28. The van der Waals surface area contributed by atoms with Crippen LogP contribution in [-0.2, 0) is 9.59 Å². The summed E-state index contributed by atoms with van der Waals surface area (Å²) < 4.78 is 0. The number of carboxylic acid groups (broad SMARTS) is 1. The molecule has 18 heavy (non-hydrogen) atoms. The summed E-state index contributed by atoms with van der Waals surface area (Å²) in [6.45, 7) is 1.09. The fourth-order valence-corrected chi connectivity index (χ4v) is 1.88. The third-order valence-electron chi connectivity index (χ3n) is 2.81. The first kappa shape index (κ1) is 12.4. The van der Waals surface area contributed by atoms with Gasteiger partial charge in [0.25, 0.3) is 0 Å². The average molecular weight is 250 g/mol. The van der Waals surface area contributed by atoms with Crippen LogP contribution < -0.4 is 10.2 Å². The highest BCUT2D eigenvalue weighted by Crippen LogP contribution is 2.29. The van der Waals surface area contributed by atoms with Crippen LogP contribution >= 0.6 is 0 Å². The van der Waals surface area contributed by atoms with Crippen LogP contribution in [0, 0.1) is 0 Å². The van der Waals surface area contributed by atoms with Gasteiger partial charge in [-0.05, 0) is 19.1 Å². The van der Waals surface area contributed by atoms with Crippen LogP contribution in [0.15, 0.2) is 24.3 Å². The Labute approximate surface area is 104 Å². The fraction of sp³-hybridized carbons (Fsp3) is 0.333. The smallest absolute Gasteiger partial charge is 0.337 e. The Morgan fingerprint density at radius 3 is 2.83 bits per heavy atom. The minimum atomic E-state index is -1.90. The zero-order valence-corrected chi connectivity index (χ0v) is 9.88. The van der Waals surface area contributed by atoms with Crippen LogP contribution in [0.2, 0.25) is 0 Å². The number of benzene rings is 1. The monoisotopic (exact) mass is 250 g/mol. The number of carbonyl (C=O) groups excluding carboxylic acids is 1. The molecule has 1 heterocycles. The summed E-state index contributed by atoms with van der Waals surface area (Å²) in [5.74, 6) is -1.54. The van der Waals surface area contributed by atoms with E-state index in [0.29, 0.717) is 11.4 Å². The molecule has 1 amide bonds. The molecule has 2 rings (SSSR count). The van der Waals surface area contributed by atoms with Crippen LogP contribution in [0.3, 0.4) is 0 Å². The number of fused-ring (bicyclic) bond motifs is 1. The molecule has 96 valence electrons. The molecular formula is C12H14N2O4. The van der Waals surface area contributed by atoms with E-state index in [1.54, 1.807) is 29.2 Å². The summed E-state index contributed by atoms with van der Waals surface area (Å²) in [6.07, 6.45) is 0. The second-order valence-electron chi connectivity index (χ2n) is 4.50. The fourth-order valence-electron chi connectivity index (χ4n) is 1.88. The number of β-amino-alcohol motifs (C(OH)–C–C–N with tert-alkyl or cyclic N) is 1. The molecule has 0 aliphatic carbocycles. The highest BCUT2D eigenvalue weighted by atomic mass is 16.4. The number of para-hydroxylation sites is 2.